The number of sulfonamides is 1. The molecule has 5 rings (SSSR count). The predicted octanol–water partition coefficient (Wildman–Crippen LogP) is 3.22. The second-order valence-electron chi connectivity index (χ2n) is 8.85. The van der Waals surface area contributed by atoms with Crippen LogP contribution in [0.5, 0.6) is 0 Å². The first-order valence-electron chi connectivity index (χ1n) is 11.5. The zero-order chi connectivity index (χ0) is 23.7. The summed E-state index contributed by atoms with van der Waals surface area (Å²) in [6, 6.07) is 15.7. The van der Waals surface area contributed by atoms with Crippen molar-refractivity contribution in [3.8, 4) is 11.3 Å². The Bertz CT molecular complexity index is 1320. The number of fused-ring (bicyclic) bond motifs is 1. The summed E-state index contributed by atoms with van der Waals surface area (Å²) in [7, 11) is -1.73. The first-order valence-corrected chi connectivity index (χ1v) is 12.9. The molecule has 9 heteroatoms. The number of likely N-dealkylation sites (N-methyl/N-ethyl adjacent to an activating group) is 1. The Labute approximate surface area is 199 Å². The third kappa shape index (κ3) is 4.67. The number of hydrogen-bond donors (Lipinski definition) is 1. The molecule has 34 heavy (non-hydrogen) atoms. The van der Waals surface area contributed by atoms with Gasteiger partial charge in [-0.3, -0.25) is 9.52 Å². The van der Waals surface area contributed by atoms with Crippen LogP contribution in [0.15, 0.2) is 59.5 Å². The molecule has 2 heterocycles. The number of carbonyl (C=O) groups excluding carboxylic acids is 1. The van der Waals surface area contributed by atoms with E-state index in [1.165, 1.54) is 6.07 Å². The fraction of sp³-hybridized carbons (Fsp3) is 0.320. The molecule has 1 fully saturated rings. The van der Waals surface area contributed by atoms with Crippen LogP contribution in [0.2, 0.25) is 0 Å². The molecule has 1 aliphatic carbocycles. The van der Waals surface area contributed by atoms with Crippen LogP contribution in [0.1, 0.15) is 28.8 Å². The van der Waals surface area contributed by atoms with Gasteiger partial charge in [-0.15, -0.1) is 10.2 Å². The molecule has 2 aliphatic rings. The van der Waals surface area contributed by atoms with Crippen molar-refractivity contribution in [2.24, 2.45) is 0 Å². The Morgan fingerprint density at radius 3 is 2.50 bits per heavy atom. The molecular formula is C25H27N5O3S. The van der Waals surface area contributed by atoms with Gasteiger partial charge in [0.2, 0.25) is 0 Å². The van der Waals surface area contributed by atoms with Crippen LogP contribution in [-0.2, 0) is 16.4 Å². The number of nitrogens with one attached hydrogen (secondary N) is 1. The summed E-state index contributed by atoms with van der Waals surface area (Å²) in [5, 5.41) is 8.77. The van der Waals surface area contributed by atoms with Gasteiger partial charge in [-0.2, -0.15) is 0 Å². The van der Waals surface area contributed by atoms with Gasteiger partial charge < -0.3 is 9.80 Å². The summed E-state index contributed by atoms with van der Waals surface area (Å²) in [5.41, 5.74) is 3.28. The molecule has 2 aromatic carbocycles. The molecule has 0 saturated carbocycles. The third-order valence-corrected chi connectivity index (χ3v) is 7.81. The Morgan fingerprint density at radius 2 is 1.74 bits per heavy atom. The van der Waals surface area contributed by atoms with E-state index in [4.69, 9.17) is 0 Å². The average molecular weight is 478 g/mol. The van der Waals surface area contributed by atoms with Crippen LogP contribution < -0.4 is 9.62 Å². The fourth-order valence-corrected chi connectivity index (χ4v) is 5.49. The van der Waals surface area contributed by atoms with Crippen molar-refractivity contribution < 1.29 is 13.2 Å². The monoisotopic (exact) mass is 477 g/mol. The van der Waals surface area contributed by atoms with Crippen LogP contribution in [-0.4, -0.2) is 62.5 Å². The van der Waals surface area contributed by atoms with Gasteiger partial charge in [-0.1, -0.05) is 18.2 Å². The molecule has 3 aromatic rings. The Kier molecular flexibility index (Phi) is 6.05. The maximum Gasteiger partial charge on any atom is 0.261 e. The number of anilines is 2. The SMILES string of the molecule is CN1CCN(c2ccc(-c3cccc(NS(=O)(=O)c4ccc5c(c4)C(=O)CCC5)c3)nn2)CC1. The van der Waals surface area contributed by atoms with Gasteiger partial charge in [0, 0.05) is 49.4 Å². The molecule has 0 atom stereocenters. The number of Topliss-reactive ketones (excluding diaryl/α,β-unsaturated/α-hetero) is 1. The number of piperazine rings is 1. The molecule has 1 N–H and O–H groups in total. The first-order chi connectivity index (χ1) is 16.4. The molecule has 1 aliphatic heterocycles. The maximum absolute atomic E-state index is 13.0. The largest absolute Gasteiger partial charge is 0.353 e. The zero-order valence-corrected chi connectivity index (χ0v) is 19.9. The lowest BCUT2D eigenvalue weighted by molar-refractivity contribution is 0.0972. The van der Waals surface area contributed by atoms with Crippen LogP contribution >= 0.6 is 0 Å². The molecule has 0 amide bonds. The van der Waals surface area contributed by atoms with Crippen molar-refractivity contribution in [3.05, 3.63) is 65.7 Å². The van der Waals surface area contributed by atoms with Gasteiger partial charge in [0.25, 0.3) is 10.0 Å². The molecule has 1 aromatic heterocycles. The third-order valence-electron chi connectivity index (χ3n) is 6.43. The van der Waals surface area contributed by atoms with Crippen LogP contribution in [0, 0.1) is 0 Å². The summed E-state index contributed by atoms with van der Waals surface area (Å²) >= 11 is 0. The lowest BCUT2D eigenvalue weighted by Gasteiger charge is -2.32. The molecule has 0 radical (unpaired) electrons. The highest BCUT2D eigenvalue weighted by Crippen LogP contribution is 2.27. The fourth-order valence-electron chi connectivity index (χ4n) is 4.41. The highest BCUT2D eigenvalue weighted by Gasteiger charge is 2.22. The number of hydrogen-bond acceptors (Lipinski definition) is 7. The number of rotatable bonds is 5. The van der Waals surface area contributed by atoms with Crippen molar-refractivity contribution in [3.63, 3.8) is 0 Å². The van der Waals surface area contributed by atoms with Crippen LogP contribution in [0.3, 0.4) is 0 Å². The summed E-state index contributed by atoms with van der Waals surface area (Å²) < 4.78 is 28.7. The molecular weight excluding hydrogens is 450 g/mol. The standard InChI is InChI=1S/C25H27N5O3S/c1-29-12-14-30(15-13-29)25-11-10-23(26-27-25)19-5-2-6-20(16-19)28-34(32,33)21-9-8-18-4-3-7-24(31)22(18)17-21/h2,5-6,8-11,16-17,28H,3-4,7,12-15H2,1H3. The Balaban J connectivity index is 1.34. The lowest BCUT2D eigenvalue weighted by Crippen LogP contribution is -2.44. The van der Waals surface area contributed by atoms with E-state index < -0.39 is 10.0 Å². The van der Waals surface area contributed by atoms with Gasteiger partial charge in [-0.25, -0.2) is 8.42 Å². The Morgan fingerprint density at radius 1 is 0.912 bits per heavy atom. The normalized spacial score (nSPS) is 16.9. The van der Waals surface area contributed by atoms with E-state index in [0.29, 0.717) is 23.4 Å². The van der Waals surface area contributed by atoms with E-state index in [2.05, 4.69) is 31.8 Å². The maximum atomic E-state index is 13.0. The van der Waals surface area contributed by atoms with Gasteiger partial charge in [0.05, 0.1) is 10.6 Å². The van der Waals surface area contributed by atoms with E-state index in [1.807, 2.05) is 18.2 Å². The summed E-state index contributed by atoms with van der Waals surface area (Å²) in [5.74, 6) is 0.842. The number of aromatic nitrogens is 2. The summed E-state index contributed by atoms with van der Waals surface area (Å²) in [6.07, 6.45) is 2.06. The lowest BCUT2D eigenvalue weighted by atomic mass is 9.91. The van der Waals surface area contributed by atoms with E-state index in [1.54, 1.807) is 30.3 Å². The van der Waals surface area contributed by atoms with E-state index >= 15 is 0 Å². The van der Waals surface area contributed by atoms with Crippen LogP contribution in [0.4, 0.5) is 11.5 Å². The molecule has 1 saturated heterocycles. The number of nitrogens with zero attached hydrogens (tertiary/aromatic N) is 4. The van der Waals surface area contributed by atoms with Crippen molar-refractivity contribution in [1.82, 2.24) is 15.1 Å². The number of benzene rings is 2. The molecule has 0 bridgehead atoms. The second-order valence-corrected chi connectivity index (χ2v) is 10.5. The van der Waals surface area contributed by atoms with Gasteiger partial charge in [-0.05, 0) is 61.9 Å². The van der Waals surface area contributed by atoms with E-state index in [0.717, 1.165) is 56.0 Å². The van der Waals surface area contributed by atoms with Gasteiger partial charge >= 0.3 is 0 Å². The summed E-state index contributed by atoms with van der Waals surface area (Å²) in [6.45, 7) is 3.81. The van der Waals surface area contributed by atoms with Crippen LogP contribution in [0.25, 0.3) is 11.3 Å². The first kappa shape index (κ1) is 22.5. The minimum atomic E-state index is -3.84. The summed E-state index contributed by atoms with van der Waals surface area (Å²) in [4.78, 5) is 16.8. The topological polar surface area (TPSA) is 95.5 Å². The minimum absolute atomic E-state index is 0.00103. The minimum Gasteiger partial charge on any atom is -0.353 e. The zero-order valence-electron chi connectivity index (χ0n) is 19.1. The van der Waals surface area contributed by atoms with Gasteiger partial charge in [0.15, 0.2) is 11.6 Å². The Hall–Kier alpha value is -3.30. The molecule has 0 spiro atoms. The van der Waals surface area contributed by atoms with Crippen molar-refractivity contribution in [2.45, 2.75) is 24.2 Å². The molecule has 176 valence electrons. The highest BCUT2D eigenvalue weighted by molar-refractivity contribution is 7.92. The number of carbonyl (C=O) groups is 1. The van der Waals surface area contributed by atoms with E-state index in [9.17, 15) is 13.2 Å². The predicted molar refractivity (Wildman–Crippen MR) is 132 cm³/mol. The van der Waals surface area contributed by atoms with Crippen molar-refractivity contribution in [2.75, 3.05) is 42.8 Å². The molecule has 0 unspecified atom stereocenters. The van der Waals surface area contributed by atoms with Crippen molar-refractivity contribution >= 4 is 27.3 Å². The second kappa shape index (κ2) is 9.15. The smallest absolute Gasteiger partial charge is 0.261 e. The highest BCUT2D eigenvalue weighted by atomic mass is 32.2. The molecule has 8 nitrogen and oxygen atoms in total. The van der Waals surface area contributed by atoms with Crippen molar-refractivity contribution in [1.29, 1.82) is 0 Å². The number of ketones is 1. The number of aryl methyl sites for hydroxylation is 1. The quantitative estimate of drug-likeness (QED) is 0.603. The average Bonchev–Trinajstić information content (AvgIpc) is 2.85. The van der Waals surface area contributed by atoms with E-state index in [-0.39, 0.29) is 10.7 Å². The van der Waals surface area contributed by atoms with Gasteiger partial charge in [0.1, 0.15) is 0 Å².